The van der Waals surface area contributed by atoms with Gasteiger partial charge in [0.25, 0.3) is 0 Å². The van der Waals surface area contributed by atoms with Crippen LogP contribution in [-0.2, 0) is 33.3 Å². The van der Waals surface area contributed by atoms with Gasteiger partial charge in [0.05, 0.1) is 44.7 Å². The van der Waals surface area contributed by atoms with Gasteiger partial charge in [-0.15, -0.1) is 0 Å². The number of fused-ring (bicyclic) bond motifs is 2. The molecule has 1 unspecified atom stereocenters. The van der Waals surface area contributed by atoms with Crippen molar-refractivity contribution in [3.63, 3.8) is 0 Å². The molecule has 5 aliphatic rings. The summed E-state index contributed by atoms with van der Waals surface area (Å²) in [6.45, 7) is 4.53. The maximum atomic E-state index is 12.9. The minimum atomic E-state index is -0.775. The van der Waals surface area contributed by atoms with Crippen molar-refractivity contribution in [2.24, 2.45) is 10.8 Å². The summed E-state index contributed by atoms with van der Waals surface area (Å²) in [5, 5.41) is 30.4. The lowest BCUT2D eigenvalue weighted by atomic mass is 9.51. The van der Waals surface area contributed by atoms with Gasteiger partial charge in [0.15, 0.2) is 0 Å². The Balaban J connectivity index is 1.22. The van der Waals surface area contributed by atoms with Crippen molar-refractivity contribution < 1.29 is 48.6 Å². The first-order valence-corrected chi connectivity index (χ1v) is 13.6. The molecule has 0 amide bonds. The van der Waals surface area contributed by atoms with E-state index in [2.05, 4.69) is 0 Å². The molecule has 3 heterocycles. The Morgan fingerprint density at radius 3 is 2.72 bits per heavy atom. The topological polar surface area (TPSA) is 144 Å². The van der Waals surface area contributed by atoms with Crippen LogP contribution in [0.4, 0.5) is 0 Å². The fourth-order valence-electron chi connectivity index (χ4n) is 6.94. The van der Waals surface area contributed by atoms with E-state index in [1.165, 1.54) is 18.2 Å². The molecule has 2 bridgehead atoms. The summed E-state index contributed by atoms with van der Waals surface area (Å²) < 4.78 is 29.0. The second-order valence-electron chi connectivity index (χ2n) is 11.4. The molecule has 10 nitrogen and oxygen atoms in total. The zero-order valence-electron chi connectivity index (χ0n) is 22.4. The monoisotopic (exact) mass is 546 g/mol. The van der Waals surface area contributed by atoms with Crippen LogP contribution in [0.15, 0.2) is 47.6 Å². The number of hydrogen-bond donors (Lipinski definition) is 3. The summed E-state index contributed by atoms with van der Waals surface area (Å²) in [6, 6.07) is 0. The Bertz CT molecular complexity index is 1090. The van der Waals surface area contributed by atoms with Gasteiger partial charge in [-0.2, -0.15) is 0 Å². The minimum Gasteiger partial charge on any atom is -0.458 e. The molecular weight excluding hydrogens is 508 g/mol. The maximum absolute atomic E-state index is 12.9. The van der Waals surface area contributed by atoms with Gasteiger partial charge < -0.3 is 39.0 Å². The largest absolute Gasteiger partial charge is 0.458 e. The third-order valence-corrected chi connectivity index (χ3v) is 9.41. The van der Waals surface area contributed by atoms with E-state index in [0.29, 0.717) is 38.9 Å². The van der Waals surface area contributed by atoms with Gasteiger partial charge in [0.2, 0.25) is 0 Å². The molecule has 10 heteroatoms. The van der Waals surface area contributed by atoms with Gasteiger partial charge in [-0.1, -0.05) is 31.2 Å². The van der Waals surface area contributed by atoms with Gasteiger partial charge >= 0.3 is 11.9 Å². The van der Waals surface area contributed by atoms with Crippen molar-refractivity contribution in [3.05, 3.63) is 47.6 Å². The molecule has 214 valence electrons. The normalized spacial score (nSPS) is 38.5. The van der Waals surface area contributed by atoms with Gasteiger partial charge in [-0.3, -0.25) is 0 Å². The van der Waals surface area contributed by atoms with Gasteiger partial charge in [0.1, 0.15) is 24.4 Å². The van der Waals surface area contributed by atoms with E-state index in [9.17, 15) is 24.9 Å². The highest BCUT2D eigenvalue weighted by Gasteiger charge is 2.82. The van der Waals surface area contributed by atoms with Crippen molar-refractivity contribution >= 4 is 11.9 Å². The van der Waals surface area contributed by atoms with E-state index in [4.69, 9.17) is 23.7 Å². The maximum Gasteiger partial charge on any atom is 0.331 e. The Labute approximate surface area is 227 Å². The van der Waals surface area contributed by atoms with Gasteiger partial charge in [-0.25, -0.2) is 9.59 Å². The van der Waals surface area contributed by atoms with E-state index < -0.39 is 40.7 Å². The Morgan fingerprint density at radius 1 is 1.28 bits per heavy atom. The molecule has 2 saturated heterocycles. The van der Waals surface area contributed by atoms with Crippen molar-refractivity contribution in [1.29, 1.82) is 0 Å². The average Bonchev–Trinajstić information content (AvgIpc) is 3.59. The number of hydrogen-bond acceptors (Lipinski definition) is 10. The van der Waals surface area contributed by atoms with Crippen LogP contribution in [0.3, 0.4) is 0 Å². The zero-order chi connectivity index (χ0) is 27.8. The van der Waals surface area contributed by atoms with E-state index in [1.807, 2.05) is 13.0 Å². The fourth-order valence-corrected chi connectivity index (χ4v) is 6.94. The van der Waals surface area contributed by atoms with Crippen LogP contribution >= 0.6 is 0 Å². The van der Waals surface area contributed by atoms with Crippen molar-refractivity contribution in [2.75, 3.05) is 33.0 Å². The van der Waals surface area contributed by atoms with E-state index >= 15 is 0 Å². The number of ether oxygens (including phenoxy) is 5. The molecule has 0 aromatic carbocycles. The summed E-state index contributed by atoms with van der Waals surface area (Å²) in [5.41, 5.74) is -0.213. The fraction of sp³-hybridized carbons (Fsp3) is 0.655. The first-order chi connectivity index (χ1) is 18.7. The molecule has 39 heavy (non-hydrogen) atoms. The molecule has 3 N–H and O–H groups in total. The highest BCUT2D eigenvalue weighted by Crippen LogP contribution is 2.71. The highest BCUT2D eigenvalue weighted by atomic mass is 16.6. The number of allylic oxidation sites excluding steroid dienone is 2. The molecule has 1 spiro atoms. The summed E-state index contributed by atoms with van der Waals surface area (Å²) >= 11 is 0. The SMILES string of the molecule is C[C@@H](O)[C@@H](/C=C/C=C\C(=O)OC1C[C@H]2O[C@@H]3C=C(CO)CC[C@]3(CO)[C@]1(C)[C@]21CO1)OCCC1=CC(=O)OC1. The summed E-state index contributed by atoms with van der Waals surface area (Å²) in [6.07, 6.45) is 9.21. The summed E-state index contributed by atoms with van der Waals surface area (Å²) in [7, 11) is 0. The molecule has 8 atom stereocenters. The van der Waals surface area contributed by atoms with Crippen LogP contribution in [0.25, 0.3) is 0 Å². The molecule has 2 aliphatic carbocycles. The van der Waals surface area contributed by atoms with Crippen molar-refractivity contribution in [3.8, 4) is 0 Å². The van der Waals surface area contributed by atoms with Crippen molar-refractivity contribution in [2.45, 2.75) is 75.7 Å². The minimum absolute atomic E-state index is 0.0455. The predicted octanol–water partition coefficient (Wildman–Crippen LogP) is 1.29. The van der Waals surface area contributed by atoms with E-state index in [0.717, 1.165) is 11.1 Å². The molecule has 0 aromatic heterocycles. The lowest BCUT2D eigenvalue weighted by Crippen LogP contribution is -2.66. The summed E-state index contributed by atoms with van der Waals surface area (Å²) in [4.78, 5) is 24.0. The molecule has 3 fully saturated rings. The number of esters is 2. The number of epoxide rings is 1. The lowest BCUT2D eigenvalue weighted by Gasteiger charge is -2.58. The number of cyclic esters (lactones) is 1. The molecule has 1 saturated carbocycles. The number of carbonyl (C=O) groups is 2. The third kappa shape index (κ3) is 4.81. The number of aliphatic hydroxyl groups excluding tert-OH is 3. The highest BCUT2D eigenvalue weighted by molar-refractivity contribution is 5.85. The average molecular weight is 547 g/mol. The lowest BCUT2D eigenvalue weighted by molar-refractivity contribution is -0.228. The zero-order valence-corrected chi connectivity index (χ0v) is 22.4. The van der Waals surface area contributed by atoms with Crippen molar-refractivity contribution in [1.82, 2.24) is 0 Å². The van der Waals surface area contributed by atoms with Gasteiger partial charge in [0, 0.05) is 29.4 Å². The Morgan fingerprint density at radius 2 is 2.08 bits per heavy atom. The second-order valence-corrected chi connectivity index (χ2v) is 11.4. The van der Waals surface area contributed by atoms with Crippen LogP contribution in [-0.4, -0.2) is 96.4 Å². The van der Waals surface area contributed by atoms with Gasteiger partial charge in [-0.05, 0) is 37.3 Å². The van der Waals surface area contributed by atoms with E-state index in [-0.39, 0.29) is 38.0 Å². The molecule has 5 rings (SSSR count). The van der Waals surface area contributed by atoms with Crippen LogP contribution < -0.4 is 0 Å². The predicted molar refractivity (Wildman–Crippen MR) is 137 cm³/mol. The first kappa shape index (κ1) is 28.2. The molecule has 0 radical (unpaired) electrons. The standard InChI is InChI=1S/C29H38O10/c1-18(32)21(35-10-8-20-12-26(34)36-15-20)5-3-4-6-25(33)39-22-13-24-29(17-37-29)27(22,2)28(16-31)9-7-19(14-30)11-23(28)38-24/h3-6,11-12,18,21-24,30-32H,7-10,13-17H2,1-2H3/b5-3+,6-4-/t18-,21-,22?,23-,24-,27-,28-,29+/m1/s1. The van der Waals surface area contributed by atoms with E-state index in [1.54, 1.807) is 19.1 Å². The molecule has 0 aromatic rings. The van der Waals surface area contributed by atoms with Crippen LogP contribution in [0.1, 0.15) is 39.5 Å². The Hall–Kier alpha value is -2.34. The van der Waals surface area contributed by atoms with Crippen LogP contribution in [0.2, 0.25) is 0 Å². The molecule has 3 aliphatic heterocycles. The smallest absolute Gasteiger partial charge is 0.331 e. The quantitative estimate of drug-likeness (QED) is 0.114. The number of aliphatic hydroxyl groups is 3. The number of rotatable bonds is 11. The van der Waals surface area contributed by atoms with Crippen LogP contribution in [0.5, 0.6) is 0 Å². The van der Waals surface area contributed by atoms with Crippen LogP contribution in [0, 0.1) is 10.8 Å². The molecular formula is C29H38O10. The Kier molecular flexibility index (Phi) is 7.89. The number of carbonyl (C=O) groups excluding carboxylic acids is 2. The third-order valence-electron chi connectivity index (χ3n) is 9.41. The second kappa shape index (κ2) is 10.9. The summed E-state index contributed by atoms with van der Waals surface area (Å²) in [5.74, 6) is -0.872. The first-order valence-electron chi connectivity index (χ1n) is 13.6.